The van der Waals surface area contributed by atoms with E-state index >= 15 is 0 Å². The molecule has 0 radical (unpaired) electrons. The fourth-order valence-corrected chi connectivity index (χ4v) is 5.06. The molecule has 188 valence electrons. The minimum absolute atomic E-state index is 0.0729. The van der Waals surface area contributed by atoms with Crippen molar-refractivity contribution in [3.63, 3.8) is 0 Å². The summed E-state index contributed by atoms with van der Waals surface area (Å²) in [5, 5.41) is 12.1. The van der Waals surface area contributed by atoms with E-state index in [1.54, 1.807) is 21.1 Å². The first-order chi connectivity index (χ1) is 17.4. The van der Waals surface area contributed by atoms with Gasteiger partial charge in [-0.15, -0.1) is 11.3 Å². The molecule has 2 heterocycles. The summed E-state index contributed by atoms with van der Waals surface area (Å²) in [5.41, 5.74) is 2.33. The SMILES string of the molecule is CCN(Cc1csc(C)c1)C(=O)N1CCN(C(=O)N(c2ccccc2)c2ccccc2)[C@H](C(=O)O)C1. The molecule has 0 saturated carbocycles. The predicted molar refractivity (Wildman–Crippen MR) is 141 cm³/mol. The number of aliphatic carboxylic acids is 1. The number of nitrogens with zero attached hydrogens (tertiary/aromatic N) is 4. The first kappa shape index (κ1) is 25.2. The van der Waals surface area contributed by atoms with Crippen LogP contribution in [0.1, 0.15) is 17.4 Å². The predicted octanol–water partition coefficient (Wildman–Crippen LogP) is 5.03. The highest BCUT2D eigenvalue weighted by molar-refractivity contribution is 7.10. The summed E-state index contributed by atoms with van der Waals surface area (Å²) in [7, 11) is 0. The first-order valence-electron chi connectivity index (χ1n) is 11.9. The molecular weight excluding hydrogens is 476 g/mol. The lowest BCUT2D eigenvalue weighted by Gasteiger charge is -2.42. The van der Waals surface area contributed by atoms with Crippen LogP contribution in [-0.4, -0.2) is 70.1 Å². The Morgan fingerprint density at radius 2 is 1.58 bits per heavy atom. The van der Waals surface area contributed by atoms with E-state index in [1.165, 1.54) is 14.7 Å². The Kier molecular flexibility index (Phi) is 7.90. The molecule has 4 amide bonds. The number of aryl methyl sites for hydroxylation is 1. The van der Waals surface area contributed by atoms with Crippen LogP contribution in [0.25, 0.3) is 0 Å². The van der Waals surface area contributed by atoms with Gasteiger partial charge >= 0.3 is 18.0 Å². The van der Waals surface area contributed by atoms with Crippen molar-refractivity contribution in [2.45, 2.75) is 26.4 Å². The van der Waals surface area contributed by atoms with E-state index in [0.29, 0.717) is 24.5 Å². The number of benzene rings is 2. The third-order valence-corrected chi connectivity index (χ3v) is 7.12. The summed E-state index contributed by atoms with van der Waals surface area (Å²) >= 11 is 1.63. The second kappa shape index (κ2) is 11.3. The quantitative estimate of drug-likeness (QED) is 0.508. The molecule has 2 aromatic carbocycles. The van der Waals surface area contributed by atoms with E-state index in [4.69, 9.17) is 0 Å². The molecule has 3 aromatic rings. The number of anilines is 2. The molecule has 1 aliphatic rings. The molecule has 8 nitrogen and oxygen atoms in total. The van der Waals surface area contributed by atoms with E-state index in [9.17, 15) is 19.5 Å². The Bertz CT molecular complexity index is 1160. The van der Waals surface area contributed by atoms with Gasteiger partial charge in [-0.2, -0.15) is 0 Å². The lowest BCUT2D eigenvalue weighted by atomic mass is 10.1. The highest BCUT2D eigenvalue weighted by Crippen LogP contribution is 2.28. The van der Waals surface area contributed by atoms with Crippen molar-refractivity contribution < 1.29 is 19.5 Å². The van der Waals surface area contributed by atoms with Crippen LogP contribution >= 0.6 is 11.3 Å². The van der Waals surface area contributed by atoms with Gasteiger partial charge in [0.05, 0.1) is 17.9 Å². The number of para-hydroxylation sites is 2. The zero-order valence-corrected chi connectivity index (χ0v) is 21.2. The second-order valence-electron chi connectivity index (χ2n) is 8.64. The zero-order valence-electron chi connectivity index (χ0n) is 20.4. The van der Waals surface area contributed by atoms with Crippen molar-refractivity contribution in [2.75, 3.05) is 31.1 Å². The third-order valence-electron chi connectivity index (χ3n) is 6.21. The Hall–Kier alpha value is -3.85. The van der Waals surface area contributed by atoms with Crippen LogP contribution in [-0.2, 0) is 11.3 Å². The van der Waals surface area contributed by atoms with Crippen molar-refractivity contribution in [3.05, 3.63) is 82.6 Å². The standard InChI is InChI=1S/C27H30N4O4S/c1-3-28(17-21-16-20(2)36-19-21)26(34)29-14-15-30(24(18-29)25(32)33)27(35)31(22-10-6-4-7-11-22)23-12-8-5-9-13-23/h4-13,16,19,24H,3,14-15,17-18H2,1-2H3,(H,32,33)/t24-/m0/s1. The number of carbonyl (C=O) groups is 3. The van der Waals surface area contributed by atoms with Crippen molar-refractivity contribution in [1.29, 1.82) is 0 Å². The molecule has 1 saturated heterocycles. The average molecular weight is 507 g/mol. The van der Waals surface area contributed by atoms with Gasteiger partial charge in [0, 0.05) is 31.1 Å². The Morgan fingerprint density at radius 3 is 2.08 bits per heavy atom. The van der Waals surface area contributed by atoms with Crippen LogP contribution in [0.3, 0.4) is 0 Å². The molecule has 1 aliphatic heterocycles. The molecule has 1 atom stereocenters. The first-order valence-corrected chi connectivity index (χ1v) is 12.8. The summed E-state index contributed by atoms with van der Waals surface area (Å²) < 4.78 is 0. The third kappa shape index (κ3) is 5.52. The number of carboxylic acid groups (broad SMARTS) is 1. The number of urea groups is 2. The van der Waals surface area contributed by atoms with E-state index in [0.717, 1.165) is 5.56 Å². The molecule has 0 aliphatic carbocycles. The summed E-state index contributed by atoms with van der Waals surface area (Å²) in [6.07, 6.45) is 0. The van der Waals surface area contributed by atoms with Gasteiger partial charge < -0.3 is 19.8 Å². The maximum Gasteiger partial charge on any atom is 0.329 e. The van der Waals surface area contributed by atoms with Gasteiger partial charge in [-0.25, -0.2) is 14.4 Å². The maximum atomic E-state index is 13.8. The normalized spacial score (nSPS) is 15.4. The molecule has 0 unspecified atom stereocenters. The molecule has 1 N–H and O–H groups in total. The number of carboxylic acids is 1. The van der Waals surface area contributed by atoms with Crippen molar-refractivity contribution >= 4 is 40.7 Å². The lowest BCUT2D eigenvalue weighted by molar-refractivity contribution is -0.143. The minimum Gasteiger partial charge on any atom is -0.480 e. The number of carbonyl (C=O) groups excluding carboxylic acids is 2. The number of rotatable bonds is 6. The van der Waals surface area contributed by atoms with Crippen LogP contribution in [0.15, 0.2) is 72.1 Å². The molecule has 1 aromatic heterocycles. The van der Waals surface area contributed by atoms with Gasteiger partial charge in [0.15, 0.2) is 0 Å². The van der Waals surface area contributed by atoms with Gasteiger partial charge in [-0.3, -0.25) is 4.90 Å². The van der Waals surface area contributed by atoms with Crippen LogP contribution < -0.4 is 4.90 Å². The van der Waals surface area contributed by atoms with E-state index in [-0.39, 0.29) is 25.7 Å². The molecule has 36 heavy (non-hydrogen) atoms. The van der Waals surface area contributed by atoms with Crippen molar-refractivity contribution in [3.8, 4) is 0 Å². The fraction of sp³-hybridized carbons (Fsp3) is 0.296. The molecular formula is C27H30N4O4S. The topological polar surface area (TPSA) is 84.4 Å². The molecule has 9 heteroatoms. The minimum atomic E-state index is -1.16. The highest BCUT2D eigenvalue weighted by Gasteiger charge is 2.40. The van der Waals surface area contributed by atoms with Crippen LogP contribution in [0.5, 0.6) is 0 Å². The zero-order chi connectivity index (χ0) is 25.7. The van der Waals surface area contributed by atoms with Crippen LogP contribution in [0.2, 0.25) is 0 Å². The van der Waals surface area contributed by atoms with Crippen LogP contribution in [0.4, 0.5) is 21.0 Å². The summed E-state index contributed by atoms with van der Waals surface area (Å²) in [5.74, 6) is -1.14. The van der Waals surface area contributed by atoms with E-state index in [1.807, 2.05) is 79.9 Å². The lowest BCUT2D eigenvalue weighted by Crippen LogP contribution is -2.62. The Morgan fingerprint density at radius 1 is 0.972 bits per heavy atom. The molecule has 4 rings (SSSR count). The monoisotopic (exact) mass is 506 g/mol. The molecule has 0 bridgehead atoms. The van der Waals surface area contributed by atoms with Crippen LogP contribution in [0, 0.1) is 6.92 Å². The summed E-state index contributed by atoms with van der Waals surface area (Å²) in [6, 6.07) is 18.5. The Labute approximate surface area is 215 Å². The largest absolute Gasteiger partial charge is 0.480 e. The Balaban J connectivity index is 1.55. The number of hydrogen-bond donors (Lipinski definition) is 1. The summed E-state index contributed by atoms with van der Waals surface area (Å²) in [6.45, 7) is 5.19. The number of thiophene rings is 1. The number of hydrogen-bond acceptors (Lipinski definition) is 4. The van der Waals surface area contributed by atoms with Crippen molar-refractivity contribution in [2.24, 2.45) is 0 Å². The van der Waals surface area contributed by atoms with Gasteiger partial charge in [0.2, 0.25) is 0 Å². The molecule has 1 fully saturated rings. The van der Waals surface area contributed by atoms with Gasteiger partial charge in [0.1, 0.15) is 6.04 Å². The van der Waals surface area contributed by atoms with E-state index in [2.05, 4.69) is 6.07 Å². The average Bonchev–Trinajstić information content (AvgIpc) is 3.32. The number of piperazine rings is 1. The summed E-state index contributed by atoms with van der Waals surface area (Å²) in [4.78, 5) is 46.7. The van der Waals surface area contributed by atoms with Gasteiger partial charge in [-0.1, -0.05) is 36.4 Å². The highest BCUT2D eigenvalue weighted by atomic mass is 32.1. The molecule has 0 spiro atoms. The van der Waals surface area contributed by atoms with Crippen molar-refractivity contribution in [1.82, 2.24) is 14.7 Å². The van der Waals surface area contributed by atoms with Gasteiger partial charge in [-0.05, 0) is 55.1 Å². The smallest absolute Gasteiger partial charge is 0.329 e. The second-order valence-corrected chi connectivity index (χ2v) is 9.76. The fourth-order valence-electron chi connectivity index (χ4n) is 4.37. The van der Waals surface area contributed by atoms with Gasteiger partial charge in [0.25, 0.3) is 0 Å². The van der Waals surface area contributed by atoms with E-state index < -0.39 is 18.0 Å². The maximum absolute atomic E-state index is 13.8. The number of amides is 4.